The quantitative estimate of drug-likeness (QED) is 0.383. The van der Waals surface area contributed by atoms with Crippen LogP contribution in [-0.4, -0.2) is 22.8 Å². The number of nitro groups is 1. The van der Waals surface area contributed by atoms with E-state index >= 15 is 0 Å². The van der Waals surface area contributed by atoms with Crippen LogP contribution in [0.15, 0.2) is 42.5 Å². The van der Waals surface area contributed by atoms with Crippen LogP contribution in [0.4, 0.5) is 17.1 Å². The molecule has 0 fully saturated rings. The number of carbonyl (C=O) groups is 2. The van der Waals surface area contributed by atoms with Gasteiger partial charge in [-0.1, -0.05) is 18.2 Å². The number of ether oxygens (including phenoxy) is 1. The van der Waals surface area contributed by atoms with Gasteiger partial charge < -0.3 is 15.4 Å². The summed E-state index contributed by atoms with van der Waals surface area (Å²) < 4.78 is 5.20. The summed E-state index contributed by atoms with van der Waals surface area (Å²) in [6.45, 7) is 1.72. The molecule has 1 aliphatic rings. The Hall–Kier alpha value is -3.42. The number of carbonyl (C=O) groups excluding carboxylic acids is 2. The normalized spacial score (nSPS) is 15.6. The Morgan fingerprint density at radius 2 is 2.08 bits per heavy atom. The number of para-hydroxylation sites is 2. The highest BCUT2D eigenvalue weighted by atomic mass is 16.6. The van der Waals surface area contributed by atoms with E-state index in [1.165, 1.54) is 12.1 Å². The van der Waals surface area contributed by atoms with Gasteiger partial charge in [0.15, 0.2) is 5.75 Å². The number of nitrogens with one attached hydrogen (secondary N) is 2. The van der Waals surface area contributed by atoms with E-state index in [1.54, 1.807) is 37.3 Å². The zero-order valence-corrected chi connectivity index (χ0v) is 13.3. The van der Waals surface area contributed by atoms with Gasteiger partial charge in [0.1, 0.15) is 6.04 Å². The summed E-state index contributed by atoms with van der Waals surface area (Å²) in [4.78, 5) is 34.6. The molecule has 0 radical (unpaired) electrons. The number of fused-ring (bicyclic) bond motifs is 1. The van der Waals surface area contributed by atoms with Crippen molar-refractivity contribution in [3.63, 3.8) is 0 Å². The van der Waals surface area contributed by atoms with E-state index in [-0.39, 0.29) is 12.1 Å². The summed E-state index contributed by atoms with van der Waals surface area (Å²) in [6, 6.07) is 10.3. The molecule has 128 valence electrons. The number of nitro benzene ring substituents is 1. The highest BCUT2D eigenvalue weighted by Crippen LogP contribution is 2.29. The van der Waals surface area contributed by atoms with Gasteiger partial charge in [-0.3, -0.25) is 14.9 Å². The van der Waals surface area contributed by atoms with Crippen molar-refractivity contribution >= 4 is 28.9 Å². The van der Waals surface area contributed by atoms with Gasteiger partial charge in [0.05, 0.1) is 22.7 Å². The number of amides is 1. The molecule has 1 aliphatic heterocycles. The Bertz CT molecular complexity index is 865. The molecule has 1 amide bonds. The highest BCUT2D eigenvalue weighted by molar-refractivity contribution is 5.97. The van der Waals surface area contributed by atoms with Gasteiger partial charge in [-0.2, -0.15) is 0 Å². The Kier molecular flexibility index (Phi) is 4.34. The van der Waals surface area contributed by atoms with Gasteiger partial charge in [0.2, 0.25) is 5.91 Å². The van der Waals surface area contributed by atoms with E-state index in [0.29, 0.717) is 22.7 Å². The topological polar surface area (TPSA) is 111 Å². The fourth-order valence-corrected chi connectivity index (χ4v) is 2.48. The maximum absolute atomic E-state index is 12.2. The second-order valence-corrected chi connectivity index (χ2v) is 5.62. The summed E-state index contributed by atoms with van der Waals surface area (Å²) in [5.41, 5.74) is 1.53. The Morgan fingerprint density at radius 1 is 1.32 bits per heavy atom. The first kappa shape index (κ1) is 16.4. The molecule has 3 rings (SSSR count). The van der Waals surface area contributed by atoms with Gasteiger partial charge in [-0.25, -0.2) is 4.79 Å². The lowest BCUT2D eigenvalue weighted by atomic mass is 10.1. The van der Waals surface area contributed by atoms with Gasteiger partial charge >= 0.3 is 5.97 Å². The van der Waals surface area contributed by atoms with Gasteiger partial charge in [-0.05, 0) is 24.6 Å². The Balaban J connectivity index is 1.70. The molecule has 0 aromatic heterocycles. The summed E-state index contributed by atoms with van der Waals surface area (Å²) in [7, 11) is 0. The molecule has 0 spiro atoms. The number of benzene rings is 2. The van der Waals surface area contributed by atoms with Crippen LogP contribution in [0.25, 0.3) is 0 Å². The second kappa shape index (κ2) is 6.60. The lowest BCUT2D eigenvalue weighted by molar-refractivity contribution is -0.384. The van der Waals surface area contributed by atoms with E-state index in [0.717, 1.165) is 0 Å². The van der Waals surface area contributed by atoms with Crippen molar-refractivity contribution in [2.24, 2.45) is 0 Å². The van der Waals surface area contributed by atoms with Crippen LogP contribution >= 0.6 is 0 Å². The molecule has 0 unspecified atom stereocenters. The molecule has 2 aromatic carbocycles. The molecule has 25 heavy (non-hydrogen) atoms. The van der Waals surface area contributed by atoms with Crippen molar-refractivity contribution in [2.45, 2.75) is 19.4 Å². The van der Waals surface area contributed by atoms with E-state index < -0.39 is 22.8 Å². The predicted octanol–water partition coefficient (Wildman–Crippen LogP) is 2.63. The van der Waals surface area contributed by atoms with Crippen LogP contribution in [0.2, 0.25) is 0 Å². The fraction of sp³-hybridized carbons (Fsp3) is 0.176. The predicted molar refractivity (Wildman–Crippen MR) is 90.6 cm³/mol. The lowest BCUT2D eigenvalue weighted by Crippen LogP contribution is -2.39. The molecule has 0 saturated carbocycles. The van der Waals surface area contributed by atoms with Crippen LogP contribution < -0.4 is 15.4 Å². The smallest absolute Gasteiger partial charge is 0.334 e. The molecule has 8 nitrogen and oxygen atoms in total. The molecule has 0 aliphatic carbocycles. The minimum Gasteiger partial charge on any atom is -0.423 e. The number of nitrogens with zero attached hydrogens (tertiary/aromatic N) is 1. The molecule has 8 heteroatoms. The average molecular weight is 341 g/mol. The second-order valence-electron chi connectivity index (χ2n) is 5.62. The van der Waals surface area contributed by atoms with E-state index in [4.69, 9.17) is 4.74 Å². The van der Waals surface area contributed by atoms with Crippen LogP contribution in [0.1, 0.15) is 12.0 Å². The summed E-state index contributed by atoms with van der Waals surface area (Å²) in [6.07, 6.45) is -0.157. The van der Waals surface area contributed by atoms with Crippen LogP contribution in [0.5, 0.6) is 5.75 Å². The number of hydrogen-bond donors (Lipinski definition) is 2. The summed E-state index contributed by atoms with van der Waals surface area (Å²) in [5.74, 6) is -0.583. The molecule has 0 bridgehead atoms. The van der Waals surface area contributed by atoms with Crippen molar-refractivity contribution in [2.75, 3.05) is 10.6 Å². The Morgan fingerprint density at radius 3 is 2.84 bits per heavy atom. The van der Waals surface area contributed by atoms with Crippen molar-refractivity contribution in [1.82, 2.24) is 0 Å². The largest absolute Gasteiger partial charge is 0.423 e. The number of esters is 1. The van der Waals surface area contributed by atoms with E-state index in [2.05, 4.69) is 10.6 Å². The zero-order chi connectivity index (χ0) is 18.0. The molecule has 2 aromatic rings. The van der Waals surface area contributed by atoms with E-state index in [1.807, 2.05) is 0 Å². The third-order valence-corrected chi connectivity index (χ3v) is 3.81. The maximum atomic E-state index is 12.2. The monoisotopic (exact) mass is 341 g/mol. The summed E-state index contributed by atoms with van der Waals surface area (Å²) in [5, 5.41) is 16.4. The first-order chi connectivity index (χ1) is 11.9. The molecule has 1 atom stereocenters. The fourth-order valence-electron chi connectivity index (χ4n) is 2.48. The van der Waals surface area contributed by atoms with Crippen molar-refractivity contribution in [1.29, 1.82) is 0 Å². The van der Waals surface area contributed by atoms with Crippen LogP contribution in [-0.2, 0) is 9.59 Å². The SMILES string of the molecule is Cc1ccc([N+](=O)[O-])cc1NC(=O)C[C@@H]1Nc2ccccc2OC1=O. The van der Waals surface area contributed by atoms with Gasteiger partial charge in [0, 0.05) is 12.1 Å². The number of anilines is 2. The lowest BCUT2D eigenvalue weighted by Gasteiger charge is -2.25. The van der Waals surface area contributed by atoms with Crippen LogP contribution in [0.3, 0.4) is 0 Å². The van der Waals surface area contributed by atoms with Gasteiger partial charge in [0.25, 0.3) is 5.69 Å². The first-order valence-electron chi connectivity index (χ1n) is 7.56. The molecule has 1 heterocycles. The van der Waals surface area contributed by atoms with E-state index in [9.17, 15) is 19.7 Å². The minimum atomic E-state index is -0.825. The summed E-state index contributed by atoms with van der Waals surface area (Å²) >= 11 is 0. The third kappa shape index (κ3) is 3.57. The average Bonchev–Trinajstić information content (AvgIpc) is 2.57. The van der Waals surface area contributed by atoms with Crippen molar-refractivity contribution in [3.05, 3.63) is 58.1 Å². The molecular weight excluding hydrogens is 326 g/mol. The van der Waals surface area contributed by atoms with Crippen LogP contribution in [0, 0.1) is 17.0 Å². The number of rotatable bonds is 4. The standard InChI is InChI=1S/C17H15N3O5/c1-10-6-7-11(20(23)24)8-13(10)19-16(21)9-14-17(22)25-15-5-3-2-4-12(15)18-14/h2-8,14,18H,9H2,1H3,(H,19,21)/t14-/m0/s1. The zero-order valence-electron chi connectivity index (χ0n) is 13.3. The molecule has 2 N–H and O–H groups in total. The molecule has 0 saturated heterocycles. The van der Waals surface area contributed by atoms with Crippen molar-refractivity contribution in [3.8, 4) is 5.75 Å². The third-order valence-electron chi connectivity index (χ3n) is 3.81. The highest BCUT2D eigenvalue weighted by Gasteiger charge is 2.29. The number of non-ortho nitro benzene ring substituents is 1. The Labute approximate surface area is 142 Å². The number of hydrogen-bond acceptors (Lipinski definition) is 6. The minimum absolute atomic E-state index is 0.120. The first-order valence-corrected chi connectivity index (χ1v) is 7.56. The molecular formula is C17H15N3O5. The maximum Gasteiger partial charge on any atom is 0.334 e. The van der Waals surface area contributed by atoms with Crippen molar-refractivity contribution < 1.29 is 19.2 Å². The number of aryl methyl sites for hydroxylation is 1. The van der Waals surface area contributed by atoms with Gasteiger partial charge in [-0.15, -0.1) is 0 Å².